The fraction of sp³-hybridized carbons (Fsp3) is 0.100. The number of hydrogen-bond donors (Lipinski definition) is 0. The van der Waals surface area contributed by atoms with Crippen molar-refractivity contribution in [3.05, 3.63) is 89.7 Å². The SMILES string of the molecule is Cl.O=C(OCc1ccncc1)C1c2ccccc2Oc2ccccc21. The van der Waals surface area contributed by atoms with E-state index in [1.807, 2.05) is 60.7 Å². The number of carbonyl (C=O) groups is 1. The van der Waals surface area contributed by atoms with E-state index in [9.17, 15) is 4.79 Å². The molecule has 4 rings (SSSR count). The number of halogens is 1. The summed E-state index contributed by atoms with van der Waals surface area (Å²) in [6.45, 7) is 0.225. The zero-order chi connectivity index (χ0) is 16.4. The van der Waals surface area contributed by atoms with Crippen molar-refractivity contribution >= 4 is 18.4 Å². The molecule has 3 aromatic rings. The van der Waals surface area contributed by atoms with Gasteiger partial charge in [-0.15, -0.1) is 12.4 Å². The second-order valence-electron chi connectivity index (χ2n) is 5.57. The van der Waals surface area contributed by atoms with E-state index in [-0.39, 0.29) is 25.0 Å². The molecule has 0 saturated carbocycles. The minimum atomic E-state index is -0.479. The summed E-state index contributed by atoms with van der Waals surface area (Å²) < 4.78 is 11.5. The van der Waals surface area contributed by atoms with E-state index in [2.05, 4.69) is 4.98 Å². The average Bonchev–Trinajstić information content (AvgIpc) is 2.65. The van der Waals surface area contributed by atoms with Crippen molar-refractivity contribution in [2.24, 2.45) is 0 Å². The van der Waals surface area contributed by atoms with Crippen molar-refractivity contribution in [2.45, 2.75) is 12.5 Å². The molecule has 1 aliphatic rings. The molecule has 5 heteroatoms. The number of benzene rings is 2. The Hall–Kier alpha value is -2.85. The minimum absolute atomic E-state index is 0. The van der Waals surface area contributed by atoms with Gasteiger partial charge >= 0.3 is 5.97 Å². The van der Waals surface area contributed by atoms with Crippen LogP contribution in [-0.4, -0.2) is 11.0 Å². The van der Waals surface area contributed by atoms with Crippen molar-refractivity contribution in [1.29, 1.82) is 0 Å². The lowest BCUT2D eigenvalue weighted by Crippen LogP contribution is -2.21. The highest BCUT2D eigenvalue weighted by Crippen LogP contribution is 2.44. The first-order chi connectivity index (χ1) is 11.8. The largest absolute Gasteiger partial charge is 0.460 e. The van der Waals surface area contributed by atoms with E-state index in [1.54, 1.807) is 12.4 Å². The molecule has 2 aromatic carbocycles. The Morgan fingerprint density at radius 2 is 1.48 bits per heavy atom. The average molecular weight is 354 g/mol. The summed E-state index contributed by atoms with van der Waals surface area (Å²) in [6, 6.07) is 18.8. The van der Waals surface area contributed by atoms with E-state index in [0.717, 1.165) is 16.7 Å². The van der Waals surface area contributed by atoms with Gasteiger partial charge in [0.15, 0.2) is 0 Å². The Morgan fingerprint density at radius 3 is 2.08 bits per heavy atom. The monoisotopic (exact) mass is 353 g/mol. The van der Waals surface area contributed by atoms with E-state index in [1.165, 1.54) is 0 Å². The fourth-order valence-electron chi connectivity index (χ4n) is 2.88. The number of ether oxygens (including phenoxy) is 2. The van der Waals surface area contributed by atoms with Gasteiger partial charge in [-0.3, -0.25) is 9.78 Å². The van der Waals surface area contributed by atoms with Gasteiger partial charge in [0.05, 0.1) is 0 Å². The van der Waals surface area contributed by atoms with Gasteiger partial charge < -0.3 is 9.47 Å². The Labute approximate surface area is 151 Å². The topological polar surface area (TPSA) is 48.4 Å². The van der Waals surface area contributed by atoms with Crippen LogP contribution in [0.2, 0.25) is 0 Å². The lowest BCUT2D eigenvalue weighted by Gasteiger charge is -2.26. The summed E-state index contributed by atoms with van der Waals surface area (Å²) in [4.78, 5) is 16.8. The third-order valence-corrected chi connectivity index (χ3v) is 4.05. The standard InChI is InChI=1S/C20H15NO3.ClH/c22-20(23-13-14-9-11-21-12-10-14)19-15-5-1-3-7-17(15)24-18-8-4-2-6-16(18)19;/h1-12,19H,13H2;1H. The Balaban J connectivity index is 0.00000182. The predicted octanol–water partition coefficient (Wildman–Crippen LogP) is 4.48. The Bertz CT molecular complexity index is 837. The van der Waals surface area contributed by atoms with Crippen molar-refractivity contribution in [3.8, 4) is 11.5 Å². The van der Waals surface area contributed by atoms with Gasteiger partial charge in [0.25, 0.3) is 0 Å². The van der Waals surface area contributed by atoms with Gasteiger partial charge in [0, 0.05) is 23.5 Å². The first-order valence-corrected chi connectivity index (χ1v) is 7.74. The highest BCUT2D eigenvalue weighted by Gasteiger charge is 2.33. The molecule has 0 fully saturated rings. The second kappa shape index (κ2) is 7.36. The maximum absolute atomic E-state index is 12.8. The van der Waals surface area contributed by atoms with Crippen LogP contribution in [0, 0.1) is 0 Å². The fourth-order valence-corrected chi connectivity index (χ4v) is 2.88. The van der Waals surface area contributed by atoms with Crippen LogP contribution in [-0.2, 0) is 16.1 Å². The number of fused-ring (bicyclic) bond motifs is 2. The summed E-state index contributed by atoms with van der Waals surface area (Å²) in [5.41, 5.74) is 2.57. The van der Waals surface area contributed by atoms with Gasteiger partial charge in [0.1, 0.15) is 24.0 Å². The zero-order valence-electron chi connectivity index (χ0n) is 13.3. The number of rotatable bonds is 3. The molecule has 2 heterocycles. The number of carbonyl (C=O) groups excluding carboxylic acids is 1. The van der Waals surface area contributed by atoms with Crippen LogP contribution >= 0.6 is 12.4 Å². The lowest BCUT2D eigenvalue weighted by atomic mass is 9.88. The van der Waals surface area contributed by atoms with E-state index in [4.69, 9.17) is 9.47 Å². The summed E-state index contributed by atoms with van der Waals surface area (Å²) in [6.07, 6.45) is 3.37. The molecule has 0 bridgehead atoms. The first-order valence-electron chi connectivity index (χ1n) is 7.74. The molecule has 0 unspecified atom stereocenters. The summed E-state index contributed by atoms with van der Waals surface area (Å²) >= 11 is 0. The first kappa shape index (κ1) is 17.0. The van der Waals surface area contributed by atoms with Crippen LogP contribution in [0.25, 0.3) is 0 Å². The smallest absolute Gasteiger partial charge is 0.318 e. The number of para-hydroxylation sites is 2. The second-order valence-corrected chi connectivity index (χ2v) is 5.57. The molecule has 0 radical (unpaired) electrons. The molecular formula is C20H16ClNO3. The third kappa shape index (κ3) is 3.35. The normalized spacial score (nSPS) is 12.2. The molecule has 0 aliphatic carbocycles. The van der Waals surface area contributed by atoms with Crippen molar-refractivity contribution < 1.29 is 14.3 Å². The summed E-state index contributed by atoms with van der Waals surface area (Å²) in [7, 11) is 0. The van der Waals surface area contributed by atoms with Gasteiger partial charge in [0.2, 0.25) is 0 Å². The lowest BCUT2D eigenvalue weighted by molar-refractivity contribution is -0.145. The van der Waals surface area contributed by atoms with Crippen LogP contribution in [0.15, 0.2) is 73.1 Å². The summed E-state index contributed by atoms with van der Waals surface area (Å²) in [5, 5.41) is 0. The molecule has 0 atom stereocenters. The number of esters is 1. The van der Waals surface area contributed by atoms with Gasteiger partial charge in [-0.05, 0) is 29.8 Å². The molecule has 0 saturated heterocycles. The van der Waals surface area contributed by atoms with Crippen LogP contribution in [0.1, 0.15) is 22.6 Å². The number of hydrogen-bond acceptors (Lipinski definition) is 4. The number of nitrogens with zero attached hydrogens (tertiary/aromatic N) is 1. The van der Waals surface area contributed by atoms with Crippen LogP contribution in [0.5, 0.6) is 11.5 Å². The van der Waals surface area contributed by atoms with Gasteiger partial charge in [-0.1, -0.05) is 36.4 Å². The van der Waals surface area contributed by atoms with E-state index >= 15 is 0 Å². The minimum Gasteiger partial charge on any atom is -0.460 e. The maximum atomic E-state index is 12.8. The van der Waals surface area contributed by atoms with Crippen molar-refractivity contribution in [3.63, 3.8) is 0 Å². The van der Waals surface area contributed by atoms with Crippen LogP contribution < -0.4 is 4.74 Å². The zero-order valence-corrected chi connectivity index (χ0v) is 14.1. The van der Waals surface area contributed by atoms with Crippen LogP contribution in [0.3, 0.4) is 0 Å². The molecule has 0 amide bonds. The Kier molecular flexibility index (Phi) is 5.00. The maximum Gasteiger partial charge on any atom is 0.318 e. The van der Waals surface area contributed by atoms with Crippen molar-refractivity contribution in [2.75, 3.05) is 0 Å². The Morgan fingerprint density at radius 1 is 0.920 bits per heavy atom. The third-order valence-electron chi connectivity index (χ3n) is 4.05. The summed E-state index contributed by atoms with van der Waals surface area (Å²) in [5.74, 6) is 0.632. The number of aromatic nitrogens is 1. The molecular weight excluding hydrogens is 338 g/mol. The molecule has 1 aliphatic heterocycles. The molecule has 0 N–H and O–H groups in total. The molecule has 0 spiro atoms. The molecule has 4 nitrogen and oxygen atoms in total. The van der Waals surface area contributed by atoms with E-state index in [0.29, 0.717) is 11.5 Å². The van der Waals surface area contributed by atoms with Crippen LogP contribution in [0.4, 0.5) is 0 Å². The van der Waals surface area contributed by atoms with E-state index < -0.39 is 5.92 Å². The number of pyridine rings is 1. The highest BCUT2D eigenvalue weighted by molar-refractivity contribution is 5.85. The quantitative estimate of drug-likeness (QED) is 0.651. The van der Waals surface area contributed by atoms with Crippen molar-refractivity contribution in [1.82, 2.24) is 4.98 Å². The van der Waals surface area contributed by atoms with Gasteiger partial charge in [-0.2, -0.15) is 0 Å². The molecule has 1 aromatic heterocycles. The predicted molar refractivity (Wildman–Crippen MR) is 96.1 cm³/mol. The molecule has 126 valence electrons. The van der Waals surface area contributed by atoms with Gasteiger partial charge in [-0.25, -0.2) is 0 Å². The highest BCUT2D eigenvalue weighted by atomic mass is 35.5. The molecule has 25 heavy (non-hydrogen) atoms.